The minimum Gasteiger partial charge on any atom is -0.395 e. The summed E-state index contributed by atoms with van der Waals surface area (Å²) in [6.45, 7) is 7.28. The summed E-state index contributed by atoms with van der Waals surface area (Å²) in [6.07, 6.45) is 3.59. The maximum Gasteiger partial charge on any atom is 0.236 e. The number of β-amino-alcohol motifs (C(OH)–C–C–N with tert-alkyl or cyclic N) is 1. The van der Waals surface area contributed by atoms with Crippen LogP contribution in [-0.2, 0) is 4.79 Å². The summed E-state index contributed by atoms with van der Waals surface area (Å²) in [7, 11) is 0. The van der Waals surface area contributed by atoms with Crippen LogP contribution in [0.2, 0.25) is 0 Å². The Balaban J connectivity index is 1.68. The highest BCUT2D eigenvalue weighted by Gasteiger charge is 2.22. The zero-order chi connectivity index (χ0) is 12.8. The molecule has 0 aromatic heterocycles. The molecule has 2 rings (SSSR count). The average Bonchev–Trinajstić information content (AvgIpc) is 2.42. The van der Waals surface area contributed by atoms with Crippen molar-refractivity contribution in [2.75, 3.05) is 59.0 Å². The van der Waals surface area contributed by atoms with E-state index in [1.54, 1.807) is 0 Å². The standard InChI is InChI=1S/C13H25N3O2/c17-11-10-14-6-8-15(9-7-14)12-13(18)16-4-2-1-3-5-16/h17H,1-12H2. The molecule has 104 valence electrons. The zero-order valence-corrected chi connectivity index (χ0v) is 11.2. The third-order valence-electron chi connectivity index (χ3n) is 3.95. The quantitative estimate of drug-likeness (QED) is 0.743. The van der Waals surface area contributed by atoms with Crippen LogP contribution in [-0.4, -0.2) is 84.7 Å². The molecule has 2 saturated heterocycles. The van der Waals surface area contributed by atoms with Crippen molar-refractivity contribution < 1.29 is 9.90 Å². The van der Waals surface area contributed by atoms with Gasteiger partial charge in [-0.1, -0.05) is 0 Å². The number of piperidine rings is 1. The molecule has 0 radical (unpaired) electrons. The molecule has 2 aliphatic heterocycles. The minimum atomic E-state index is 0.229. The van der Waals surface area contributed by atoms with E-state index in [4.69, 9.17) is 5.11 Å². The molecule has 1 N–H and O–H groups in total. The van der Waals surface area contributed by atoms with Crippen molar-refractivity contribution in [3.8, 4) is 0 Å². The Bertz CT molecular complexity index is 259. The Morgan fingerprint density at radius 2 is 1.50 bits per heavy atom. The normalized spacial score (nSPS) is 23.3. The lowest BCUT2D eigenvalue weighted by atomic mass is 10.1. The molecular formula is C13H25N3O2. The lowest BCUT2D eigenvalue weighted by Gasteiger charge is -2.35. The van der Waals surface area contributed by atoms with Crippen LogP contribution in [0, 0.1) is 0 Å². The van der Waals surface area contributed by atoms with Gasteiger partial charge in [0.15, 0.2) is 0 Å². The van der Waals surface area contributed by atoms with Gasteiger partial charge in [-0.3, -0.25) is 14.6 Å². The van der Waals surface area contributed by atoms with Gasteiger partial charge in [0.25, 0.3) is 0 Å². The number of nitrogens with zero attached hydrogens (tertiary/aromatic N) is 3. The lowest BCUT2D eigenvalue weighted by Crippen LogP contribution is -2.51. The van der Waals surface area contributed by atoms with Crippen molar-refractivity contribution in [1.29, 1.82) is 0 Å². The van der Waals surface area contributed by atoms with Crippen molar-refractivity contribution >= 4 is 5.91 Å². The molecule has 0 aromatic rings. The molecule has 0 atom stereocenters. The number of carbonyl (C=O) groups excluding carboxylic acids is 1. The van der Waals surface area contributed by atoms with E-state index in [0.717, 1.165) is 58.7 Å². The van der Waals surface area contributed by atoms with Gasteiger partial charge in [0.05, 0.1) is 13.2 Å². The summed E-state index contributed by atoms with van der Waals surface area (Å²) in [5.74, 6) is 0.297. The fourth-order valence-electron chi connectivity index (χ4n) is 2.75. The van der Waals surface area contributed by atoms with E-state index in [2.05, 4.69) is 9.80 Å². The zero-order valence-electron chi connectivity index (χ0n) is 11.2. The fraction of sp³-hybridized carbons (Fsp3) is 0.923. The molecule has 2 heterocycles. The molecule has 0 aliphatic carbocycles. The number of likely N-dealkylation sites (tertiary alicyclic amines) is 1. The number of carbonyl (C=O) groups is 1. The molecule has 0 aromatic carbocycles. The highest BCUT2D eigenvalue weighted by Crippen LogP contribution is 2.10. The highest BCUT2D eigenvalue weighted by molar-refractivity contribution is 5.78. The third-order valence-corrected chi connectivity index (χ3v) is 3.95. The van der Waals surface area contributed by atoms with Crippen molar-refractivity contribution in [3.05, 3.63) is 0 Å². The van der Waals surface area contributed by atoms with E-state index in [0.29, 0.717) is 12.5 Å². The lowest BCUT2D eigenvalue weighted by molar-refractivity contribution is -0.133. The van der Waals surface area contributed by atoms with E-state index in [1.165, 1.54) is 6.42 Å². The van der Waals surface area contributed by atoms with Crippen LogP contribution in [0.15, 0.2) is 0 Å². The van der Waals surface area contributed by atoms with Gasteiger partial charge in [-0.25, -0.2) is 0 Å². The molecule has 5 nitrogen and oxygen atoms in total. The molecule has 18 heavy (non-hydrogen) atoms. The topological polar surface area (TPSA) is 47.0 Å². The Kier molecular flexibility index (Phi) is 5.41. The first kappa shape index (κ1) is 13.8. The van der Waals surface area contributed by atoms with E-state index in [9.17, 15) is 4.79 Å². The smallest absolute Gasteiger partial charge is 0.236 e. The molecule has 2 aliphatic rings. The first-order chi connectivity index (χ1) is 8.79. The first-order valence-electron chi connectivity index (χ1n) is 7.13. The number of hydrogen-bond donors (Lipinski definition) is 1. The number of piperazine rings is 1. The van der Waals surface area contributed by atoms with Crippen LogP contribution >= 0.6 is 0 Å². The van der Waals surface area contributed by atoms with Crippen LogP contribution in [0.25, 0.3) is 0 Å². The summed E-state index contributed by atoms with van der Waals surface area (Å²) in [6, 6.07) is 0. The molecule has 1 amide bonds. The predicted octanol–water partition coefficient (Wildman–Crippen LogP) is -0.391. The van der Waals surface area contributed by atoms with Crippen molar-refractivity contribution in [1.82, 2.24) is 14.7 Å². The molecule has 0 unspecified atom stereocenters. The molecule has 0 saturated carbocycles. The van der Waals surface area contributed by atoms with Gasteiger partial charge in [0, 0.05) is 45.8 Å². The second-order valence-corrected chi connectivity index (χ2v) is 5.28. The minimum absolute atomic E-state index is 0.229. The Morgan fingerprint density at radius 1 is 0.889 bits per heavy atom. The maximum atomic E-state index is 12.1. The van der Waals surface area contributed by atoms with Crippen LogP contribution in [0.1, 0.15) is 19.3 Å². The van der Waals surface area contributed by atoms with Crippen LogP contribution in [0.3, 0.4) is 0 Å². The highest BCUT2D eigenvalue weighted by atomic mass is 16.3. The summed E-state index contributed by atoms with van der Waals surface area (Å²) >= 11 is 0. The SMILES string of the molecule is O=C(CN1CCN(CCO)CC1)N1CCCCC1. The number of aliphatic hydroxyl groups is 1. The van der Waals surface area contributed by atoms with Crippen molar-refractivity contribution in [3.63, 3.8) is 0 Å². The van der Waals surface area contributed by atoms with Crippen molar-refractivity contribution in [2.24, 2.45) is 0 Å². The van der Waals surface area contributed by atoms with E-state index < -0.39 is 0 Å². The number of aliphatic hydroxyl groups excluding tert-OH is 1. The van der Waals surface area contributed by atoms with Crippen molar-refractivity contribution in [2.45, 2.75) is 19.3 Å². The third kappa shape index (κ3) is 3.93. The van der Waals surface area contributed by atoms with Gasteiger partial charge in [0.1, 0.15) is 0 Å². The second-order valence-electron chi connectivity index (χ2n) is 5.28. The van der Waals surface area contributed by atoms with Gasteiger partial charge in [-0.05, 0) is 19.3 Å². The van der Waals surface area contributed by atoms with Crippen LogP contribution in [0.5, 0.6) is 0 Å². The van der Waals surface area contributed by atoms with Gasteiger partial charge in [0.2, 0.25) is 5.91 Å². The average molecular weight is 255 g/mol. The molecular weight excluding hydrogens is 230 g/mol. The van der Waals surface area contributed by atoms with Gasteiger partial charge in [-0.2, -0.15) is 0 Å². The summed E-state index contributed by atoms with van der Waals surface area (Å²) in [4.78, 5) is 18.6. The monoisotopic (exact) mass is 255 g/mol. The number of hydrogen-bond acceptors (Lipinski definition) is 4. The molecule has 2 fully saturated rings. The number of rotatable bonds is 4. The Hall–Kier alpha value is -0.650. The molecule has 5 heteroatoms. The largest absolute Gasteiger partial charge is 0.395 e. The second kappa shape index (κ2) is 7.07. The maximum absolute atomic E-state index is 12.1. The first-order valence-corrected chi connectivity index (χ1v) is 7.13. The van der Waals surface area contributed by atoms with E-state index in [-0.39, 0.29) is 6.61 Å². The van der Waals surface area contributed by atoms with Gasteiger partial charge >= 0.3 is 0 Å². The molecule has 0 spiro atoms. The Labute approximate surface area is 109 Å². The van der Waals surface area contributed by atoms with E-state index in [1.807, 2.05) is 4.90 Å². The number of amides is 1. The summed E-state index contributed by atoms with van der Waals surface area (Å²) in [5.41, 5.74) is 0. The summed E-state index contributed by atoms with van der Waals surface area (Å²) < 4.78 is 0. The van der Waals surface area contributed by atoms with Gasteiger partial charge in [-0.15, -0.1) is 0 Å². The van der Waals surface area contributed by atoms with Crippen LogP contribution < -0.4 is 0 Å². The van der Waals surface area contributed by atoms with Gasteiger partial charge < -0.3 is 10.0 Å². The van der Waals surface area contributed by atoms with E-state index >= 15 is 0 Å². The predicted molar refractivity (Wildman–Crippen MR) is 70.4 cm³/mol. The Morgan fingerprint density at radius 3 is 2.11 bits per heavy atom. The molecule has 0 bridgehead atoms. The van der Waals surface area contributed by atoms with Crippen LogP contribution in [0.4, 0.5) is 0 Å². The fourth-order valence-corrected chi connectivity index (χ4v) is 2.75. The summed E-state index contributed by atoms with van der Waals surface area (Å²) in [5, 5.41) is 8.88.